The Hall–Kier alpha value is -1.51. The number of carbonyl (C=O) groups excluding carboxylic acids is 1. The second kappa shape index (κ2) is 10.6. The molecule has 0 unspecified atom stereocenters. The number of nitrogens with one attached hydrogen (secondary N) is 1. The Morgan fingerprint density at radius 3 is 2.13 bits per heavy atom. The molecule has 0 radical (unpaired) electrons. The van der Waals surface area contributed by atoms with Crippen LogP contribution in [0.5, 0.6) is 0 Å². The minimum absolute atomic E-state index is 0.401. The summed E-state index contributed by atoms with van der Waals surface area (Å²) >= 11 is 0. The molecular weight excluding hydrogens is 188 g/mol. The van der Waals surface area contributed by atoms with Gasteiger partial charge in [-0.3, -0.25) is 4.79 Å². The maximum Gasteiger partial charge on any atom is 0.248 e. The lowest BCUT2D eigenvalue weighted by Gasteiger charge is -2.00. The lowest BCUT2D eigenvalue weighted by atomic mass is 10.2. The third-order valence-electron chi connectivity index (χ3n) is 1.44. The van der Waals surface area contributed by atoms with E-state index < -0.39 is 5.91 Å². The zero-order valence-corrected chi connectivity index (χ0v) is 10.3. The Morgan fingerprint density at radius 1 is 1.20 bits per heavy atom. The second-order valence-corrected chi connectivity index (χ2v) is 2.20. The Kier molecular flexibility index (Phi) is 11.2. The Labute approximate surface area is 92.7 Å². The number of nitrogens with two attached hydrogens (primary N) is 1. The number of hydrogen-bond donors (Lipinski definition) is 2. The first kappa shape index (κ1) is 15.9. The summed E-state index contributed by atoms with van der Waals surface area (Å²) in [6.45, 7) is 8.00. The van der Waals surface area contributed by atoms with E-state index in [4.69, 9.17) is 5.73 Å². The van der Waals surface area contributed by atoms with Crippen molar-refractivity contribution in [2.75, 3.05) is 12.4 Å². The second-order valence-electron chi connectivity index (χ2n) is 2.20. The predicted octanol–water partition coefficient (Wildman–Crippen LogP) is 2.88. The van der Waals surface area contributed by atoms with Crippen LogP contribution >= 0.6 is 0 Å². The molecule has 0 atom stereocenters. The molecule has 86 valence electrons. The lowest BCUT2D eigenvalue weighted by molar-refractivity contribution is 0.100. The van der Waals surface area contributed by atoms with Gasteiger partial charge in [0.05, 0.1) is 0 Å². The van der Waals surface area contributed by atoms with Gasteiger partial charge in [-0.15, -0.1) is 0 Å². The van der Waals surface area contributed by atoms with Crippen LogP contribution in [0, 0.1) is 0 Å². The summed E-state index contributed by atoms with van der Waals surface area (Å²) in [5.74, 6) is -0.401. The highest BCUT2D eigenvalue weighted by Gasteiger charge is 1.98. The highest BCUT2D eigenvalue weighted by atomic mass is 16.1. The maximum absolute atomic E-state index is 10.7. The molecule has 0 bridgehead atoms. The van der Waals surface area contributed by atoms with E-state index in [0.717, 1.165) is 5.69 Å². The van der Waals surface area contributed by atoms with E-state index in [9.17, 15) is 4.79 Å². The van der Waals surface area contributed by atoms with Crippen LogP contribution in [0.4, 0.5) is 5.69 Å². The highest BCUT2D eigenvalue weighted by Crippen LogP contribution is 2.08. The van der Waals surface area contributed by atoms with Gasteiger partial charge in [0.25, 0.3) is 0 Å². The molecule has 0 aliphatic carbocycles. The molecule has 3 heteroatoms. The fourth-order valence-electron chi connectivity index (χ4n) is 0.828. The molecule has 0 heterocycles. The van der Waals surface area contributed by atoms with Crippen LogP contribution < -0.4 is 11.1 Å². The summed E-state index contributed by atoms with van der Waals surface area (Å²) in [4.78, 5) is 10.7. The molecule has 0 aromatic heterocycles. The van der Waals surface area contributed by atoms with Crippen molar-refractivity contribution in [2.24, 2.45) is 5.73 Å². The molecule has 1 aromatic rings. The van der Waals surface area contributed by atoms with E-state index in [1.807, 2.05) is 33.8 Å². The molecular formula is C12H22N2O. The third kappa shape index (κ3) is 6.55. The van der Waals surface area contributed by atoms with Crippen molar-refractivity contribution < 1.29 is 4.79 Å². The van der Waals surface area contributed by atoms with Crippen LogP contribution in [-0.2, 0) is 0 Å². The SMILES string of the molecule is CC.CC.CNc1cccc(C(N)=O)c1. The van der Waals surface area contributed by atoms with Crippen molar-refractivity contribution >= 4 is 11.6 Å². The quantitative estimate of drug-likeness (QED) is 0.788. The Morgan fingerprint density at radius 2 is 1.73 bits per heavy atom. The zero-order valence-electron chi connectivity index (χ0n) is 10.3. The molecule has 3 nitrogen and oxygen atoms in total. The number of amides is 1. The van der Waals surface area contributed by atoms with E-state index in [2.05, 4.69) is 5.32 Å². The van der Waals surface area contributed by atoms with Gasteiger partial charge in [-0.2, -0.15) is 0 Å². The summed E-state index contributed by atoms with van der Waals surface area (Å²) in [5, 5.41) is 2.91. The molecule has 1 rings (SSSR count). The average Bonchev–Trinajstić information content (AvgIpc) is 2.34. The number of carbonyl (C=O) groups is 1. The Balaban J connectivity index is 0. The van der Waals surface area contributed by atoms with Crippen LogP contribution in [-0.4, -0.2) is 13.0 Å². The van der Waals surface area contributed by atoms with Crippen LogP contribution in [0.3, 0.4) is 0 Å². The first-order chi connectivity index (χ1) is 7.24. The molecule has 0 spiro atoms. The molecule has 3 N–H and O–H groups in total. The Bertz CT molecular complexity index is 272. The van der Waals surface area contributed by atoms with Gasteiger partial charge in [-0.25, -0.2) is 0 Å². The highest BCUT2D eigenvalue weighted by molar-refractivity contribution is 5.93. The average molecular weight is 210 g/mol. The molecule has 15 heavy (non-hydrogen) atoms. The van der Waals surface area contributed by atoms with Crippen LogP contribution in [0.2, 0.25) is 0 Å². The van der Waals surface area contributed by atoms with E-state index >= 15 is 0 Å². The topological polar surface area (TPSA) is 55.1 Å². The monoisotopic (exact) mass is 210 g/mol. The molecule has 0 aliphatic rings. The fraction of sp³-hybridized carbons (Fsp3) is 0.417. The van der Waals surface area contributed by atoms with E-state index in [1.54, 1.807) is 25.2 Å². The fourth-order valence-corrected chi connectivity index (χ4v) is 0.828. The van der Waals surface area contributed by atoms with Gasteiger partial charge < -0.3 is 11.1 Å². The minimum Gasteiger partial charge on any atom is -0.388 e. The van der Waals surface area contributed by atoms with E-state index in [-0.39, 0.29) is 0 Å². The van der Waals surface area contributed by atoms with Crippen molar-refractivity contribution in [3.63, 3.8) is 0 Å². The van der Waals surface area contributed by atoms with Gasteiger partial charge in [-0.1, -0.05) is 33.8 Å². The van der Waals surface area contributed by atoms with Crippen LogP contribution in [0.15, 0.2) is 24.3 Å². The van der Waals surface area contributed by atoms with Gasteiger partial charge >= 0.3 is 0 Å². The zero-order chi connectivity index (χ0) is 12.3. The van der Waals surface area contributed by atoms with Crippen molar-refractivity contribution in [3.8, 4) is 0 Å². The minimum atomic E-state index is -0.401. The van der Waals surface area contributed by atoms with Gasteiger partial charge in [0, 0.05) is 18.3 Å². The summed E-state index contributed by atoms with van der Waals surface area (Å²) in [5.41, 5.74) is 6.49. The summed E-state index contributed by atoms with van der Waals surface area (Å²) in [6, 6.07) is 7.05. The molecule has 1 aromatic carbocycles. The number of benzene rings is 1. The largest absolute Gasteiger partial charge is 0.388 e. The summed E-state index contributed by atoms with van der Waals surface area (Å²) in [7, 11) is 1.79. The van der Waals surface area contributed by atoms with E-state index in [1.165, 1.54) is 0 Å². The van der Waals surface area contributed by atoms with Crippen LogP contribution in [0.25, 0.3) is 0 Å². The summed E-state index contributed by atoms with van der Waals surface area (Å²) in [6.07, 6.45) is 0. The standard InChI is InChI=1S/C8H10N2O.2C2H6/c1-10-7-4-2-3-6(5-7)8(9)11;2*1-2/h2-5,10H,1H3,(H2,9,11);2*1-2H3. The van der Waals surface area contributed by atoms with Crippen molar-refractivity contribution in [1.29, 1.82) is 0 Å². The molecule has 0 saturated heterocycles. The molecule has 0 fully saturated rings. The van der Waals surface area contributed by atoms with Gasteiger partial charge in [0.2, 0.25) is 5.91 Å². The van der Waals surface area contributed by atoms with Crippen molar-refractivity contribution in [1.82, 2.24) is 0 Å². The first-order valence-electron chi connectivity index (χ1n) is 5.31. The number of primary amides is 1. The van der Waals surface area contributed by atoms with Gasteiger partial charge in [0.15, 0.2) is 0 Å². The van der Waals surface area contributed by atoms with Gasteiger partial charge in [0.1, 0.15) is 0 Å². The predicted molar refractivity (Wildman–Crippen MR) is 67.2 cm³/mol. The smallest absolute Gasteiger partial charge is 0.248 e. The van der Waals surface area contributed by atoms with Gasteiger partial charge in [-0.05, 0) is 18.2 Å². The molecule has 1 amide bonds. The van der Waals surface area contributed by atoms with E-state index in [0.29, 0.717) is 5.56 Å². The number of rotatable bonds is 2. The summed E-state index contributed by atoms with van der Waals surface area (Å²) < 4.78 is 0. The molecule has 0 aliphatic heterocycles. The number of anilines is 1. The van der Waals surface area contributed by atoms with Crippen molar-refractivity contribution in [2.45, 2.75) is 27.7 Å². The normalized spacial score (nSPS) is 7.53. The van der Waals surface area contributed by atoms with Crippen molar-refractivity contribution in [3.05, 3.63) is 29.8 Å². The first-order valence-corrected chi connectivity index (χ1v) is 5.31. The number of hydrogen-bond acceptors (Lipinski definition) is 2. The lowest BCUT2D eigenvalue weighted by Crippen LogP contribution is -2.10. The molecule has 0 saturated carbocycles. The van der Waals surface area contributed by atoms with Crippen LogP contribution in [0.1, 0.15) is 38.1 Å². The third-order valence-corrected chi connectivity index (χ3v) is 1.44. The maximum atomic E-state index is 10.7.